The average Bonchev–Trinajstić information content (AvgIpc) is 2.82. The number of rotatable bonds is 9. The Balaban J connectivity index is 1.55. The van der Waals surface area contributed by atoms with E-state index in [0.29, 0.717) is 22.7 Å². The Kier molecular flexibility index (Phi) is 8.40. The van der Waals surface area contributed by atoms with Gasteiger partial charge < -0.3 is 16.0 Å². The SMILES string of the molecule is O=C(C[C@H](NC(=O)c1ccccc1Cl)c1ccccc1)NCCNC(=O)c1ccccc1. The zero-order chi connectivity index (χ0) is 22.8. The molecule has 3 aromatic carbocycles. The molecule has 0 aliphatic heterocycles. The number of amides is 3. The summed E-state index contributed by atoms with van der Waals surface area (Å²) < 4.78 is 0. The van der Waals surface area contributed by atoms with Gasteiger partial charge in [0.2, 0.25) is 5.91 Å². The molecule has 0 heterocycles. The maximum absolute atomic E-state index is 12.7. The van der Waals surface area contributed by atoms with Crippen molar-refractivity contribution in [2.24, 2.45) is 0 Å². The monoisotopic (exact) mass is 449 g/mol. The van der Waals surface area contributed by atoms with Gasteiger partial charge in [-0.1, -0.05) is 72.3 Å². The molecule has 0 spiro atoms. The molecule has 164 valence electrons. The summed E-state index contributed by atoms with van der Waals surface area (Å²) in [5.41, 5.74) is 1.71. The minimum Gasteiger partial charge on any atom is -0.354 e. The molecule has 0 aromatic heterocycles. The summed E-state index contributed by atoms with van der Waals surface area (Å²) in [6.07, 6.45) is 0.0485. The normalized spacial score (nSPS) is 11.3. The summed E-state index contributed by atoms with van der Waals surface area (Å²) in [4.78, 5) is 37.3. The van der Waals surface area contributed by atoms with Crippen molar-refractivity contribution in [2.45, 2.75) is 12.5 Å². The van der Waals surface area contributed by atoms with Gasteiger partial charge in [0.15, 0.2) is 0 Å². The zero-order valence-corrected chi connectivity index (χ0v) is 18.1. The Morgan fingerprint density at radius 1 is 0.719 bits per heavy atom. The highest BCUT2D eigenvalue weighted by Crippen LogP contribution is 2.20. The molecule has 1 atom stereocenters. The van der Waals surface area contributed by atoms with Crippen LogP contribution in [0.15, 0.2) is 84.9 Å². The second kappa shape index (κ2) is 11.7. The minimum atomic E-state index is -0.529. The number of nitrogens with one attached hydrogen (secondary N) is 3. The van der Waals surface area contributed by atoms with Crippen LogP contribution in [0.4, 0.5) is 0 Å². The number of benzene rings is 3. The quantitative estimate of drug-likeness (QED) is 0.435. The van der Waals surface area contributed by atoms with Crippen LogP contribution in [0.5, 0.6) is 0 Å². The van der Waals surface area contributed by atoms with Crippen molar-refractivity contribution < 1.29 is 14.4 Å². The van der Waals surface area contributed by atoms with Crippen molar-refractivity contribution >= 4 is 29.3 Å². The standard InChI is InChI=1S/C25H24ClN3O3/c26-21-14-8-7-13-20(21)25(32)29-22(18-9-3-1-4-10-18)17-23(30)27-15-16-28-24(31)19-11-5-2-6-12-19/h1-14,22H,15-17H2,(H,27,30)(H,28,31)(H,29,32)/t22-/m0/s1. The number of halogens is 1. The Labute approximate surface area is 192 Å². The molecule has 0 aliphatic rings. The molecule has 3 amide bonds. The molecule has 0 fully saturated rings. The highest BCUT2D eigenvalue weighted by Gasteiger charge is 2.20. The van der Waals surface area contributed by atoms with Crippen molar-refractivity contribution in [3.63, 3.8) is 0 Å². The Hall–Kier alpha value is -3.64. The molecule has 32 heavy (non-hydrogen) atoms. The van der Waals surface area contributed by atoms with Gasteiger partial charge in [-0.25, -0.2) is 0 Å². The molecular weight excluding hydrogens is 426 g/mol. The molecule has 7 heteroatoms. The maximum atomic E-state index is 12.7. The third-order valence-corrected chi connectivity index (χ3v) is 5.11. The van der Waals surface area contributed by atoms with E-state index in [1.54, 1.807) is 48.5 Å². The topological polar surface area (TPSA) is 87.3 Å². The van der Waals surface area contributed by atoms with Crippen LogP contribution < -0.4 is 16.0 Å². The maximum Gasteiger partial charge on any atom is 0.253 e. The highest BCUT2D eigenvalue weighted by atomic mass is 35.5. The summed E-state index contributed by atoms with van der Waals surface area (Å²) in [5.74, 6) is -0.798. The lowest BCUT2D eigenvalue weighted by Crippen LogP contribution is -2.37. The van der Waals surface area contributed by atoms with Gasteiger partial charge in [-0.15, -0.1) is 0 Å². The fraction of sp³-hybridized carbons (Fsp3) is 0.160. The molecule has 0 saturated heterocycles. The predicted octanol–water partition coefficient (Wildman–Crippen LogP) is 3.75. The molecule has 0 saturated carbocycles. The lowest BCUT2D eigenvalue weighted by atomic mass is 10.0. The first-order valence-electron chi connectivity index (χ1n) is 10.2. The predicted molar refractivity (Wildman–Crippen MR) is 125 cm³/mol. The van der Waals surface area contributed by atoms with Crippen LogP contribution in [0.25, 0.3) is 0 Å². The van der Waals surface area contributed by atoms with Gasteiger partial charge in [-0.05, 0) is 29.8 Å². The van der Waals surface area contributed by atoms with E-state index in [0.717, 1.165) is 5.56 Å². The summed E-state index contributed by atoms with van der Waals surface area (Å²) in [6, 6.07) is 24.4. The van der Waals surface area contributed by atoms with Crippen LogP contribution in [-0.2, 0) is 4.79 Å². The molecule has 0 bridgehead atoms. The van der Waals surface area contributed by atoms with Gasteiger partial charge in [-0.3, -0.25) is 14.4 Å². The van der Waals surface area contributed by atoms with E-state index in [4.69, 9.17) is 11.6 Å². The molecule has 0 aliphatic carbocycles. The number of carbonyl (C=O) groups is 3. The van der Waals surface area contributed by atoms with E-state index < -0.39 is 6.04 Å². The fourth-order valence-corrected chi connectivity index (χ4v) is 3.37. The van der Waals surface area contributed by atoms with Crippen molar-refractivity contribution in [1.82, 2.24) is 16.0 Å². The molecule has 3 N–H and O–H groups in total. The molecular formula is C25H24ClN3O3. The second-order valence-corrected chi connectivity index (χ2v) is 7.50. The van der Waals surface area contributed by atoms with Crippen molar-refractivity contribution in [1.29, 1.82) is 0 Å². The summed E-state index contributed by atoms with van der Waals surface area (Å²) in [5, 5.41) is 8.78. The molecule has 0 radical (unpaired) electrons. The largest absolute Gasteiger partial charge is 0.354 e. The van der Waals surface area contributed by atoms with Gasteiger partial charge in [0.05, 0.1) is 23.0 Å². The van der Waals surface area contributed by atoms with E-state index in [9.17, 15) is 14.4 Å². The first kappa shape index (κ1) is 23.0. The second-order valence-electron chi connectivity index (χ2n) is 7.09. The van der Waals surface area contributed by atoms with Crippen molar-refractivity contribution in [2.75, 3.05) is 13.1 Å². The number of hydrogen-bond donors (Lipinski definition) is 3. The summed E-state index contributed by atoms with van der Waals surface area (Å²) in [7, 11) is 0. The van der Waals surface area contributed by atoms with E-state index in [2.05, 4.69) is 16.0 Å². The Morgan fingerprint density at radius 3 is 2.00 bits per heavy atom. The first-order chi connectivity index (χ1) is 15.5. The van der Waals surface area contributed by atoms with E-state index in [1.165, 1.54) is 0 Å². The number of hydrogen-bond acceptors (Lipinski definition) is 3. The molecule has 3 aromatic rings. The molecule has 0 unspecified atom stereocenters. The van der Waals surface area contributed by atoms with Gasteiger partial charge in [0.1, 0.15) is 0 Å². The molecule has 6 nitrogen and oxygen atoms in total. The lowest BCUT2D eigenvalue weighted by Gasteiger charge is -2.19. The summed E-state index contributed by atoms with van der Waals surface area (Å²) >= 11 is 6.13. The minimum absolute atomic E-state index is 0.0485. The van der Waals surface area contributed by atoms with Gasteiger partial charge in [0, 0.05) is 18.7 Å². The third kappa shape index (κ3) is 6.68. The van der Waals surface area contributed by atoms with Crippen LogP contribution in [0.2, 0.25) is 5.02 Å². The van der Waals surface area contributed by atoms with Crippen molar-refractivity contribution in [3.05, 3.63) is 107 Å². The van der Waals surface area contributed by atoms with Crippen LogP contribution in [0.3, 0.4) is 0 Å². The van der Waals surface area contributed by atoms with Crippen LogP contribution >= 0.6 is 11.6 Å². The van der Waals surface area contributed by atoms with Crippen LogP contribution in [0.1, 0.15) is 38.7 Å². The van der Waals surface area contributed by atoms with Gasteiger partial charge in [-0.2, -0.15) is 0 Å². The Morgan fingerprint density at radius 2 is 1.31 bits per heavy atom. The number of carbonyl (C=O) groups excluding carboxylic acids is 3. The van der Waals surface area contributed by atoms with E-state index in [-0.39, 0.29) is 30.7 Å². The third-order valence-electron chi connectivity index (χ3n) is 4.78. The zero-order valence-electron chi connectivity index (χ0n) is 17.4. The smallest absolute Gasteiger partial charge is 0.253 e. The van der Waals surface area contributed by atoms with Crippen molar-refractivity contribution in [3.8, 4) is 0 Å². The summed E-state index contributed by atoms with van der Waals surface area (Å²) in [6.45, 7) is 0.568. The first-order valence-corrected chi connectivity index (χ1v) is 10.6. The Bertz CT molecular complexity index is 1060. The lowest BCUT2D eigenvalue weighted by molar-refractivity contribution is -0.121. The van der Waals surface area contributed by atoms with Gasteiger partial charge >= 0.3 is 0 Å². The van der Waals surface area contributed by atoms with E-state index >= 15 is 0 Å². The average molecular weight is 450 g/mol. The van der Waals surface area contributed by atoms with E-state index in [1.807, 2.05) is 36.4 Å². The van der Waals surface area contributed by atoms with Crippen LogP contribution in [-0.4, -0.2) is 30.8 Å². The fourth-order valence-electron chi connectivity index (χ4n) is 3.15. The van der Waals surface area contributed by atoms with Crippen LogP contribution in [0, 0.1) is 0 Å². The highest BCUT2D eigenvalue weighted by molar-refractivity contribution is 6.33. The molecule has 3 rings (SSSR count). The van der Waals surface area contributed by atoms with Gasteiger partial charge in [0.25, 0.3) is 11.8 Å².